The summed E-state index contributed by atoms with van der Waals surface area (Å²) in [5, 5.41) is 2.76. The van der Waals surface area contributed by atoms with E-state index in [1.807, 2.05) is 12.1 Å². The Kier molecular flexibility index (Phi) is 3.98. The zero-order chi connectivity index (χ0) is 14.8. The number of ether oxygens (including phenoxy) is 2. The second-order valence-electron chi connectivity index (χ2n) is 4.50. The highest BCUT2D eigenvalue weighted by atomic mass is 32.2. The van der Waals surface area contributed by atoms with E-state index in [0.717, 1.165) is 5.56 Å². The Morgan fingerprint density at radius 3 is 2.95 bits per heavy atom. The van der Waals surface area contributed by atoms with Gasteiger partial charge in [-0.3, -0.25) is 14.5 Å². The summed E-state index contributed by atoms with van der Waals surface area (Å²) in [7, 11) is 0. The van der Waals surface area contributed by atoms with Crippen molar-refractivity contribution in [2.45, 2.75) is 6.54 Å². The normalized spacial score (nSPS) is 16.5. The van der Waals surface area contributed by atoms with Crippen molar-refractivity contribution in [2.75, 3.05) is 19.1 Å². The largest absolute Gasteiger partial charge is 0.454 e. The molecule has 3 rings (SSSR count). The molecule has 2 heterocycles. The van der Waals surface area contributed by atoms with Gasteiger partial charge >= 0.3 is 0 Å². The Bertz CT molecular complexity index is 604. The monoisotopic (exact) mass is 324 g/mol. The van der Waals surface area contributed by atoms with E-state index in [1.165, 1.54) is 16.7 Å². The molecule has 1 saturated heterocycles. The van der Waals surface area contributed by atoms with Crippen molar-refractivity contribution < 1.29 is 19.1 Å². The molecule has 2 amide bonds. The van der Waals surface area contributed by atoms with Gasteiger partial charge in [-0.15, -0.1) is 0 Å². The second kappa shape index (κ2) is 5.90. The van der Waals surface area contributed by atoms with E-state index in [9.17, 15) is 9.59 Å². The van der Waals surface area contributed by atoms with Crippen molar-refractivity contribution in [3.05, 3.63) is 23.8 Å². The van der Waals surface area contributed by atoms with Gasteiger partial charge in [0.2, 0.25) is 18.6 Å². The van der Waals surface area contributed by atoms with Gasteiger partial charge in [0.05, 0.1) is 5.75 Å². The van der Waals surface area contributed by atoms with Gasteiger partial charge in [0.25, 0.3) is 0 Å². The Balaban J connectivity index is 1.54. The first-order chi connectivity index (χ1) is 10.1. The summed E-state index contributed by atoms with van der Waals surface area (Å²) in [5.41, 5.74) is 0.900. The van der Waals surface area contributed by atoms with E-state index in [-0.39, 0.29) is 25.2 Å². The minimum absolute atomic E-state index is 0.0325. The second-order valence-corrected chi connectivity index (χ2v) is 6.11. The number of amides is 2. The zero-order valence-electron chi connectivity index (χ0n) is 11.0. The molecule has 1 aromatic carbocycles. The molecule has 0 atom stereocenters. The number of hydrogen-bond donors (Lipinski definition) is 1. The molecule has 1 fully saturated rings. The Labute approximate surface area is 130 Å². The van der Waals surface area contributed by atoms with Crippen LogP contribution in [-0.4, -0.2) is 40.1 Å². The Morgan fingerprint density at radius 2 is 2.19 bits per heavy atom. The Hall–Kier alpha value is -1.80. The number of thiocarbonyl (C=S) groups is 1. The summed E-state index contributed by atoms with van der Waals surface area (Å²) in [6.45, 7) is 0.546. The van der Waals surface area contributed by atoms with Crippen LogP contribution < -0.4 is 14.8 Å². The fourth-order valence-electron chi connectivity index (χ4n) is 1.98. The maximum absolute atomic E-state index is 11.9. The highest BCUT2D eigenvalue weighted by Gasteiger charge is 2.28. The maximum Gasteiger partial charge on any atom is 0.240 e. The van der Waals surface area contributed by atoms with Gasteiger partial charge in [-0.1, -0.05) is 30.0 Å². The lowest BCUT2D eigenvalue weighted by Crippen LogP contribution is -2.39. The van der Waals surface area contributed by atoms with Crippen molar-refractivity contribution >= 4 is 40.1 Å². The maximum atomic E-state index is 11.9. The van der Waals surface area contributed by atoms with E-state index >= 15 is 0 Å². The molecule has 21 heavy (non-hydrogen) atoms. The summed E-state index contributed by atoms with van der Waals surface area (Å²) in [5.74, 6) is 1.33. The minimum Gasteiger partial charge on any atom is -0.454 e. The molecule has 0 radical (unpaired) electrons. The number of nitrogens with one attached hydrogen (secondary N) is 1. The molecule has 2 aliphatic heterocycles. The number of fused-ring (bicyclic) bond motifs is 1. The zero-order valence-corrected chi connectivity index (χ0v) is 12.6. The van der Waals surface area contributed by atoms with Crippen molar-refractivity contribution in [1.29, 1.82) is 0 Å². The van der Waals surface area contributed by atoms with Crippen LogP contribution in [0.15, 0.2) is 18.2 Å². The first-order valence-electron chi connectivity index (χ1n) is 6.26. The smallest absolute Gasteiger partial charge is 0.240 e. The van der Waals surface area contributed by atoms with E-state index in [4.69, 9.17) is 21.7 Å². The predicted octanol–water partition coefficient (Wildman–Crippen LogP) is 0.892. The Morgan fingerprint density at radius 1 is 1.38 bits per heavy atom. The van der Waals surface area contributed by atoms with Gasteiger partial charge in [0.1, 0.15) is 10.9 Å². The van der Waals surface area contributed by atoms with E-state index < -0.39 is 0 Å². The van der Waals surface area contributed by atoms with Gasteiger partial charge < -0.3 is 14.8 Å². The fraction of sp³-hybridized carbons (Fsp3) is 0.308. The lowest BCUT2D eigenvalue weighted by Gasteiger charge is -2.14. The topological polar surface area (TPSA) is 67.9 Å². The summed E-state index contributed by atoms with van der Waals surface area (Å²) in [6, 6.07) is 5.49. The van der Waals surface area contributed by atoms with E-state index in [1.54, 1.807) is 6.07 Å². The molecule has 6 nitrogen and oxygen atoms in total. The number of nitrogens with zero attached hydrogens (tertiary/aromatic N) is 1. The first-order valence-corrected chi connectivity index (χ1v) is 7.65. The van der Waals surface area contributed by atoms with Gasteiger partial charge in [0, 0.05) is 6.54 Å². The molecule has 2 aliphatic rings. The molecule has 1 aromatic rings. The number of benzene rings is 1. The third kappa shape index (κ3) is 3.11. The average Bonchev–Trinajstić information content (AvgIpc) is 3.06. The first kappa shape index (κ1) is 14.2. The summed E-state index contributed by atoms with van der Waals surface area (Å²) < 4.78 is 11.0. The fourth-order valence-corrected chi connectivity index (χ4v) is 3.05. The molecular formula is C13H12N2O4S2. The van der Waals surface area contributed by atoms with Gasteiger partial charge in [-0.2, -0.15) is 0 Å². The van der Waals surface area contributed by atoms with Crippen molar-refractivity contribution in [2.24, 2.45) is 0 Å². The van der Waals surface area contributed by atoms with Gasteiger partial charge in [0.15, 0.2) is 11.5 Å². The van der Waals surface area contributed by atoms with Crippen LogP contribution in [0.2, 0.25) is 0 Å². The quantitative estimate of drug-likeness (QED) is 0.830. The van der Waals surface area contributed by atoms with Crippen LogP contribution >= 0.6 is 24.0 Å². The third-order valence-corrected chi connectivity index (χ3v) is 4.50. The van der Waals surface area contributed by atoms with Crippen LogP contribution in [0.1, 0.15) is 5.56 Å². The molecule has 0 aromatic heterocycles. The van der Waals surface area contributed by atoms with Gasteiger partial charge in [-0.25, -0.2) is 0 Å². The van der Waals surface area contributed by atoms with E-state index in [0.29, 0.717) is 28.1 Å². The van der Waals surface area contributed by atoms with Crippen LogP contribution in [0.25, 0.3) is 0 Å². The van der Waals surface area contributed by atoms with Gasteiger partial charge in [-0.05, 0) is 17.7 Å². The number of thioether (sulfide) groups is 1. The number of carbonyl (C=O) groups excluding carboxylic acids is 2. The van der Waals surface area contributed by atoms with E-state index in [2.05, 4.69) is 5.32 Å². The van der Waals surface area contributed by atoms with Crippen LogP contribution in [0.3, 0.4) is 0 Å². The lowest BCUT2D eigenvalue weighted by molar-refractivity contribution is -0.129. The van der Waals surface area contributed by atoms with Crippen LogP contribution in [0, 0.1) is 0 Å². The highest BCUT2D eigenvalue weighted by molar-refractivity contribution is 8.23. The summed E-state index contributed by atoms with van der Waals surface area (Å²) >= 11 is 6.31. The van der Waals surface area contributed by atoms with Crippen molar-refractivity contribution in [3.63, 3.8) is 0 Å². The molecule has 1 N–H and O–H groups in total. The summed E-state index contributed by atoms with van der Waals surface area (Å²) in [6.07, 6.45) is 0. The number of carbonyl (C=O) groups is 2. The molecule has 0 saturated carbocycles. The molecule has 8 heteroatoms. The highest BCUT2D eigenvalue weighted by Crippen LogP contribution is 2.32. The van der Waals surface area contributed by atoms with Crippen molar-refractivity contribution in [1.82, 2.24) is 10.2 Å². The SMILES string of the molecule is O=C(CN1C(=O)CSC1=S)NCc1ccc2c(c1)OCO2. The van der Waals surface area contributed by atoms with Crippen molar-refractivity contribution in [3.8, 4) is 11.5 Å². The third-order valence-electron chi connectivity index (χ3n) is 3.07. The van der Waals surface area contributed by atoms with Crippen LogP contribution in [0.5, 0.6) is 11.5 Å². The molecular weight excluding hydrogens is 312 g/mol. The molecule has 0 bridgehead atoms. The predicted molar refractivity (Wildman–Crippen MR) is 81.2 cm³/mol. The minimum atomic E-state index is -0.245. The van der Waals surface area contributed by atoms with Crippen LogP contribution in [0.4, 0.5) is 0 Å². The lowest BCUT2D eigenvalue weighted by atomic mass is 10.2. The summed E-state index contributed by atoms with van der Waals surface area (Å²) in [4.78, 5) is 24.7. The standard InChI is InChI=1S/C13H12N2O4S2/c16-11(5-15-12(17)6-21-13(15)20)14-4-8-1-2-9-10(3-8)19-7-18-9/h1-3H,4-7H2,(H,14,16). The molecule has 0 spiro atoms. The van der Waals surface area contributed by atoms with Crippen LogP contribution in [-0.2, 0) is 16.1 Å². The molecule has 0 aliphatic carbocycles. The average molecular weight is 324 g/mol. The number of rotatable bonds is 4. The number of hydrogen-bond acceptors (Lipinski definition) is 6. The molecule has 0 unspecified atom stereocenters. The molecule has 110 valence electrons.